The van der Waals surface area contributed by atoms with Gasteiger partial charge in [-0.1, -0.05) is 49.8 Å². The number of hydrogen-bond acceptors (Lipinski definition) is 4. The van der Waals surface area contributed by atoms with E-state index in [1.54, 1.807) is 4.90 Å². The predicted molar refractivity (Wildman–Crippen MR) is 95.4 cm³/mol. The Morgan fingerprint density at radius 1 is 1.48 bits per heavy atom. The molecule has 124 valence electrons. The van der Waals surface area contributed by atoms with E-state index < -0.39 is 5.41 Å². The van der Waals surface area contributed by atoms with Crippen molar-refractivity contribution >= 4 is 44.2 Å². The van der Waals surface area contributed by atoms with Crippen molar-refractivity contribution in [2.45, 2.75) is 39.7 Å². The Morgan fingerprint density at radius 3 is 2.87 bits per heavy atom. The van der Waals surface area contributed by atoms with Gasteiger partial charge in [-0.2, -0.15) is 0 Å². The maximum absolute atomic E-state index is 12.9. The van der Waals surface area contributed by atoms with Gasteiger partial charge in [0.25, 0.3) is 0 Å². The Balaban J connectivity index is 1.98. The largest absolute Gasteiger partial charge is 0.376 e. The fraction of sp³-hybridized carbons (Fsp3) is 0.529. The fourth-order valence-corrected chi connectivity index (χ4v) is 3.94. The molecule has 1 saturated heterocycles. The summed E-state index contributed by atoms with van der Waals surface area (Å²) in [7, 11) is 0. The van der Waals surface area contributed by atoms with Crippen LogP contribution in [-0.4, -0.2) is 30.1 Å². The monoisotopic (exact) mass is 352 g/mol. The molecular formula is C17H21ClN2O2S. The van der Waals surface area contributed by atoms with E-state index >= 15 is 0 Å². The molecule has 2 heterocycles. The van der Waals surface area contributed by atoms with Crippen molar-refractivity contribution in [3.05, 3.63) is 23.2 Å². The second-order valence-corrected chi connectivity index (χ2v) is 8.30. The average molecular weight is 353 g/mol. The first-order valence-electron chi connectivity index (χ1n) is 7.85. The lowest BCUT2D eigenvalue weighted by Gasteiger charge is -2.29. The molecule has 1 aliphatic heterocycles. The molecule has 0 radical (unpaired) electrons. The molecule has 4 nitrogen and oxygen atoms in total. The summed E-state index contributed by atoms with van der Waals surface area (Å²) in [5.74, 6) is 0.0585. The van der Waals surface area contributed by atoms with Gasteiger partial charge in [0.1, 0.15) is 5.52 Å². The molecule has 1 unspecified atom stereocenters. The highest BCUT2D eigenvalue weighted by Crippen LogP contribution is 2.35. The molecule has 2 aromatic rings. The molecule has 1 aromatic carbocycles. The molecule has 0 spiro atoms. The Labute approximate surface area is 145 Å². The number of hydrogen-bond donors (Lipinski definition) is 0. The van der Waals surface area contributed by atoms with Crippen molar-refractivity contribution in [2.75, 3.05) is 18.1 Å². The van der Waals surface area contributed by atoms with E-state index in [1.807, 2.05) is 39.0 Å². The molecular weight excluding hydrogens is 332 g/mol. The molecule has 3 rings (SSSR count). The van der Waals surface area contributed by atoms with E-state index in [0.29, 0.717) is 16.7 Å². The van der Waals surface area contributed by atoms with Crippen molar-refractivity contribution in [3.8, 4) is 0 Å². The van der Waals surface area contributed by atoms with Crippen LogP contribution in [-0.2, 0) is 9.53 Å². The maximum atomic E-state index is 12.9. The molecule has 1 fully saturated rings. The zero-order valence-corrected chi connectivity index (χ0v) is 15.2. The second kappa shape index (κ2) is 6.38. The van der Waals surface area contributed by atoms with E-state index in [-0.39, 0.29) is 12.0 Å². The number of benzene rings is 1. The Bertz CT molecular complexity index is 717. The molecule has 0 bridgehead atoms. The number of halogens is 1. The van der Waals surface area contributed by atoms with E-state index in [2.05, 4.69) is 4.98 Å². The number of para-hydroxylation sites is 1. The highest BCUT2D eigenvalue weighted by atomic mass is 35.5. The molecule has 0 aliphatic carbocycles. The van der Waals surface area contributed by atoms with Gasteiger partial charge in [-0.15, -0.1) is 0 Å². The number of carbonyl (C=O) groups is 1. The van der Waals surface area contributed by atoms with Gasteiger partial charge < -0.3 is 4.74 Å². The summed E-state index contributed by atoms with van der Waals surface area (Å²) >= 11 is 7.73. The fourth-order valence-electron chi connectivity index (χ4n) is 2.66. The highest BCUT2D eigenvalue weighted by molar-refractivity contribution is 7.22. The first-order valence-corrected chi connectivity index (χ1v) is 9.04. The smallest absolute Gasteiger partial charge is 0.234 e. The lowest BCUT2D eigenvalue weighted by atomic mass is 9.94. The summed E-state index contributed by atoms with van der Waals surface area (Å²) in [4.78, 5) is 19.3. The van der Waals surface area contributed by atoms with Gasteiger partial charge in [-0.3, -0.25) is 9.69 Å². The number of thiazole rings is 1. The third-order valence-corrected chi connectivity index (χ3v) is 5.23. The van der Waals surface area contributed by atoms with Crippen LogP contribution >= 0.6 is 22.9 Å². The van der Waals surface area contributed by atoms with Gasteiger partial charge in [-0.05, 0) is 25.0 Å². The third kappa shape index (κ3) is 3.52. The molecule has 0 N–H and O–H groups in total. The molecule has 1 atom stereocenters. The number of aromatic nitrogens is 1. The van der Waals surface area contributed by atoms with E-state index in [1.165, 1.54) is 11.3 Å². The number of fused-ring (bicyclic) bond motifs is 1. The topological polar surface area (TPSA) is 42.4 Å². The van der Waals surface area contributed by atoms with Crippen molar-refractivity contribution in [2.24, 2.45) is 5.41 Å². The minimum atomic E-state index is -0.472. The van der Waals surface area contributed by atoms with E-state index in [0.717, 1.165) is 29.7 Å². The SMILES string of the molecule is CC(C)(C)C(=O)N(CC1CCCO1)c1nc2c(Cl)cccc2s1. The van der Waals surface area contributed by atoms with Crippen molar-refractivity contribution < 1.29 is 9.53 Å². The number of nitrogens with zero attached hydrogens (tertiary/aromatic N) is 2. The van der Waals surface area contributed by atoms with Gasteiger partial charge in [-0.25, -0.2) is 4.98 Å². The van der Waals surface area contributed by atoms with Gasteiger partial charge in [0.15, 0.2) is 5.13 Å². The van der Waals surface area contributed by atoms with Crippen LogP contribution < -0.4 is 4.90 Å². The molecule has 23 heavy (non-hydrogen) atoms. The zero-order chi connectivity index (χ0) is 16.6. The Morgan fingerprint density at radius 2 is 2.26 bits per heavy atom. The molecule has 1 aromatic heterocycles. The van der Waals surface area contributed by atoms with Crippen LogP contribution in [0.25, 0.3) is 10.2 Å². The highest BCUT2D eigenvalue weighted by Gasteiger charge is 2.33. The number of anilines is 1. The summed E-state index contributed by atoms with van der Waals surface area (Å²) in [6.45, 7) is 7.11. The van der Waals surface area contributed by atoms with Crippen LogP contribution in [0.2, 0.25) is 5.02 Å². The van der Waals surface area contributed by atoms with Crippen LogP contribution in [0.3, 0.4) is 0 Å². The summed E-state index contributed by atoms with van der Waals surface area (Å²) in [6.07, 6.45) is 2.12. The third-order valence-electron chi connectivity index (χ3n) is 3.89. The van der Waals surface area contributed by atoms with Crippen LogP contribution in [0.15, 0.2) is 18.2 Å². The predicted octanol–water partition coefficient (Wildman–Crippen LogP) is 4.51. The number of amides is 1. The molecule has 1 aliphatic rings. The average Bonchev–Trinajstić information content (AvgIpc) is 3.12. The quantitative estimate of drug-likeness (QED) is 0.816. The summed E-state index contributed by atoms with van der Waals surface area (Å²) < 4.78 is 6.71. The molecule has 6 heteroatoms. The van der Waals surface area contributed by atoms with Crippen LogP contribution in [0.4, 0.5) is 5.13 Å². The van der Waals surface area contributed by atoms with Gasteiger partial charge in [0, 0.05) is 12.0 Å². The first kappa shape index (κ1) is 16.7. The van der Waals surface area contributed by atoms with Gasteiger partial charge in [0.05, 0.1) is 22.4 Å². The number of carbonyl (C=O) groups excluding carboxylic acids is 1. The van der Waals surface area contributed by atoms with E-state index in [4.69, 9.17) is 16.3 Å². The van der Waals surface area contributed by atoms with Crippen LogP contribution in [0, 0.1) is 5.41 Å². The van der Waals surface area contributed by atoms with E-state index in [9.17, 15) is 4.79 Å². The number of ether oxygens (including phenoxy) is 1. The standard InChI is InChI=1S/C17H21ClN2O2S/c1-17(2,3)15(21)20(10-11-6-5-9-22-11)16-19-14-12(18)7-4-8-13(14)23-16/h4,7-8,11H,5-6,9-10H2,1-3H3. The Hall–Kier alpha value is -1.17. The molecule has 0 saturated carbocycles. The molecule has 1 amide bonds. The lowest BCUT2D eigenvalue weighted by Crippen LogP contribution is -2.43. The summed E-state index contributed by atoms with van der Waals surface area (Å²) in [5, 5.41) is 1.31. The number of rotatable bonds is 3. The second-order valence-electron chi connectivity index (χ2n) is 6.88. The van der Waals surface area contributed by atoms with Crippen molar-refractivity contribution in [1.82, 2.24) is 4.98 Å². The van der Waals surface area contributed by atoms with Crippen molar-refractivity contribution in [1.29, 1.82) is 0 Å². The lowest BCUT2D eigenvalue weighted by molar-refractivity contribution is -0.126. The van der Waals surface area contributed by atoms with Gasteiger partial charge in [0.2, 0.25) is 5.91 Å². The maximum Gasteiger partial charge on any atom is 0.234 e. The van der Waals surface area contributed by atoms with Crippen molar-refractivity contribution in [3.63, 3.8) is 0 Å². The summed E-state index contributed by atoms with van der Waals surface area (Å²) in [6, 6.07) is 5.71. The van der Waals surface area contributed by atoms with Crippen LogP contribution in [0.5, 0.6) is 0 Å². The first-order chi connectivity index (χ1) is 10.9. The van der Waals surface area contributed by atoms with Crippen LogP contribution in [0.1, 0.15) is 33.6 Å². The zero-order valence-electron chi connectivity index (χ0n) is 13.6. The van der Waals surface area contributed by atoms with Gasteiger partial charge >= 0.3 is 0 Å². The normalized spacial score (nSPS) is 18.5. The summed E-state index contributed by atoms with van der Waals surface area (Å²) in [5.41, 5.74) is 0.286. The Kier molecular flexibility index (Phi) is 4.63. The minimum absolute atomic E-state index is 0.0585. The minimum Gasteiger partial charge on any atom is -0.376 e.